The molecule has 0 fully saturated rings. The number of nitrogen functional groups attached to an aromatic ring is 1. The molecule has 2 nitrogen and oxygen atoms in total. The first-order chi connectivity index (χ1) is 9.13. The van der Waals surface area contributed by atoms with E-state index in [2.05, 4.69) is 51.5 Å². The highest BCUT2D eigenvalue weighted by Crippen LogP contribution is 2.21. The Hall–Kier alpha value is -0.840. The molecule has 0 amide bonds. The average molecular weight is 339 g/mol. The molecule has 0 aliphatic rings. The summed E-state index contributed by atoms with van der Waals surface area (Å²) < 4.78 is 1.21. The van der Waals surface area contributed by atoms with Crippen LogP contribution in [0.3, 0.4) is 0 Å². The van der Waals surface area contributed by atoms with Crippen molar-refractivity contribution in [3.05, 3.63) is 50.6 Å². The summed E-state index contributed by atoms with van der Waals surface area (Å²) in [6.07, 6.45) is 2.28. The van der Waals surface area contributed by atoms with Crippen LogP contribution in [0.5, 0.6) is 0 Å². The molecule has 0 unspecified atom stereocenters. The van der Waals surface area contributed by atoms with Crippen molar-refractivity contribution in [2.75, 3.05) is 19.3 Å². The van der Waals surface area contributed by atoms with Crippen LogP contribution >= 0.6 is 27.3 Å². The second-order valence-corrected chi connectivity index (χ2v) is 7.13. The SMILES string of the molecule is CN(CCCc1ccc(N)cc1)Cc1csc(Br)c1. The number of nitrogens with two attached hydrogens (primary N) is 1. The lowest BCUT2D eigenvalue weighted by Gasteiger charge is -2.15. The van der Waals surface area contributed by atoms with Crippen molar-refractivity contribution in [2.45, 2.75) is 19.4 Å². The Morgan fingerprint density at radius 1 is 1.21 bits per heavy atom. The molecule has 0 saturated carbocycles. The quantitative estimate of drug-likeness (QED) is 0.801. The fourth-order valence-electron chi connectivity index (χ4n) is 2.06. The summed E-state index contributed by atoms with van der Waals surface area (Å²) in [4.78, 5) is 2.37. The number of halogens is 1. The monoisotopic (exact) mass is 338 g/mol. The van der Waals surface area contributed by atoms with E-state index in [1.165, 1.54) is 21.3 Å². The van der Waals surface area contributed by atoms with E-state index < -0.39 is 0 Å². The molecule has 2 N–H and O–H groups in total. The maximum Gasteiger partial charge on any atom is 0.0701 e. The lowest BCUT2D eigenvalue weighted by atomic mass is 10.1. The normalized spacial score (nSPS) is 11.1. The second-order valence-electron chi connectivity index (χ2n) is 4.84. The lowest BCUT2D eigenvalue weighted by Crippen LogP contribution is -2.19. The Morgan fingerprint density at radius 3 is 2.58 bits per heavy atom. The standard InChI is InChI=1S/C15H19BrN2S/c1-18(10-13-9-15(16)19-11-13)8-2-3-12-4-6-14(17)7-5-12/h4-7,9,11H,2-3,8,10,17H2,1H3. The lowest BCUT2D eigenvalue weighted by molar-refractivity contribution is 0.322. The zero-order valence-electron chi connectivity index (χ0n) is 11.1. The van der Waals surface area contributed by atoms with Gasteiger partial charge >= 0.3 is 0 Å². The number of anilines is 1. The first kappa shape index (κ1) is 14.6. The third-order valence-electron chi connectivity index (χ3n) is 3.06. The largest absolute Gasteiger partial charge is 0.399 e. The minimum absolute atomic E-state index is 0.837. The molecule has 1 aromatic carbocycles. The van der Waals surface area contributed by atoms with Gasteiger partial charge in [-0.25, -0.2) is 0 Å². The molecule has 2 aromatic rings. The smallest absolute Gasteiger partial charge is 0.0701 e. The van der Waals surface area contributed by atoms with Crippen molar-refractivity contribution in [3.63, 3.8) is 0 Å². The molecule has 1 aromatic heterocycles. The second kappa shape index (κ2) is 7.08. The van der Waals surface area contributed by atoms with E-state index in [-0.39, 0.29) is 0 Å². The Labute approximate surface area is 127 Å². The summed E-state index contributed by atoms with van der Waals surface area (Å²) in [5.41, 5.74) is 9.26. The highest BCUT2D eigenvalue weighted by molar-refractivity contribution is 9.11. The molecule has 102 valence electrons. The van der Waals surface area contributed by atoms with Crippen LogP contribution in [0.2, 0.25) is 0 Å². The van der Waals surface area contributed by atoms with Crippen molar-refractivity contribution in [1.82, 2.24) is 4.90 Å². The first-order valence-corrected chi connectivity index (χ1v) is 8.06. The van der Waals surface area contributed by atoms with Gasteiger partial charge in [-0.2, -0.15) is 0 Å². The molecule has 0 saturated heterocycles. The molecule has 1 heterocycles. The van der Waals surface area contributed by atoms with Crippen LogP contribution in [-0.4, -0.2) is 18.5 Å². The van der Waals surface area contributed by atoms with Gasteiger partial charge in [0.05, 0.1) is 3.79 Å². The van der Waals surface area contributed by atoms with Crippen molar-refractivity contribution in [1.29, 1.82) is 0 Å². The van der Waals surface area contributed by atoms with Crippen LogP contribution in [-0.2, 0) is 13.0 Å². The number of rotatable bonds is 6. The van der Waals surface area contributed by atoms with Gasteiger partial charge in [0.15, 0.2) is 0 Å². The molecule has 4 heteroatoms. The van der Waals surface area contributed by atoms with Gasteiger partial charge in [-0.05, 0) is 77.1 Å². The maximum absolute atomic E-state index is 5.68. The number of thiophene rings is 1. The predicted molar refractivity (Wildman–Crippen MR) is 87.5 cm³/mol. The minimum atomic E-state index is 0.837. The Morgan fingerprint density at radius 2 is 1.95 bits per heavy atom. The van der Waals surface area contributed by atoms with E-state index >= 15 is 0 Å². The van der Waals surface area contributed by atoms with Gasteiger partial charge in [0, 0.05) is 12.2 Å². The number of hydrogen-bond donors (Lipinski definition) is 1. The highest BCUT2D eigenvalue weighted by Gasteiger charge is 2.03. The summed E-state index contributed by atoms with van der Waals surface area (Å²) in [5, 5.41) is 2.21. The molecule has 0 aliphatic carbocycles. The van der Waals surface area contributed by atoms with E-state index in [0.717, 1.165) is 25.2 Å². The van der Waals surface area contributed by atoms with Gasteiger partial charge < -0.3 is 10.6 Å². The molecule has 0 radical (unpaired) electrons. The molecule has 0 spiro atoms. The Bertz CT molecular complexity index is 507. The zero-order valence-corrected chi connectivity index (χ0v) is 13.5. The average Bonchev–Trinajstić information content (AvgIpc) is 2.77. The summed E-state index contributed by atoms with van der Waals surface area (Å²) >= 11 is 5.25. The summed E-state index contributed by atoms with van der Waals surface area (Å²) in [6, 6.07) is 10.4. The summed E-state index contributed by atoms with van der Waals surface area (Å²) in [5.74, 6) is 0. The summed E-state index contributed by atoms with van der Waals surface area (Å²) in [6.45, 7) is 2.13. The van der Waals surface area contributed by atoms with E-state index in [9.17, 15) is 0 Å². The molecular weight excluding hydrogens is 320 g/mol. The van der Waals surface area contributed by atoms with Gasteiger partial charge in [0.2, 0.25) is 0 Å². The van der Waals surface area contributed by atoms with E-state index in [0.29, 0.717) is 0 Å². The number of benzene rings is 1. The molecule has 0 aliphatic heterocycles. The number of aryl methyl sites for hydroxylation is 1. The first-order valence-electron chi connectivity index (χ1n) is 6.39. The number of hydrogen-bond acceptors (Lipinski definition) is 3. The van der Waals surface area contributed by atoms with Crippen LogP contribution in [0.15, 0.2) is 39.5 Å². The van der Waals surface area contributed by atoms with Crippen LogP contribution in [0.1, 0.15) is 17.5 Å². The third-order valence-corrected chi connectivity index (χ3v) is 4.61. The van der Waals surface area contributed by atoms with Crippen LogP contribution in [0.4, 0.5) is 5.69 Å². The fraction of sp³-hybridized carbons (Fsp3) is 0.333. The van der Waals surface area contributed by atoms with Gasteiger partial charge in [-0.3, -0.25) is 0 Å². The third kappa shape index (κ3) is 4.97. The Kier molecular flexibility index (Phi) is 5.43. The van der Waals surface area contributed by atoms with E-state index in [1.54, 1.807) is 11.3 Å². The van der Waals surface area contributed by atoms with Crippen molar-refractivity contribution < 1.29 is 0 Å². The zero-order chi connectivity index (χ0) is 13.7. The van der Waals surface area contributed by atoms with Crippen LogP contribution < -0.4 is 5.73 Å². The Balaban J connectivity index is 1.71. The van der Waals surface area contributed by atoms with Gasteiger partial charge in [-0.15, -0.1) is 11.3 Å². The molecule has 19 heavy (non-hydrogen) atoms. The van der Waals surface area contributed by atoms with Crippen molar-refractivity contribution in [2.24, 2.45) is 0 Å². The summed E-state index contributed by atoms with van der Waals surface area (Å²) in [7, 11) is 2.18. The fourth-order valence-corrected chi connectivity index (χ4v) is 3.26. The molecule has 0 bridgehead atoms. The highest BCUT2D eigenvalue weighted by atomic mass is 79.9. The van der Waals surface area contributed by atoms with Crippen molar-refractivity contribution >= 4 is 33.0 Å². The molecular formula is C15H19BrN2S. The van der Waals surface area contributed by atoms with Crippen LogP contribution in [0, 0.1) is 0 Å². The predicted octanol–water partition coefficient (Wildman–Crippen LogP) is 4.16. The van der Waals surface area contributed by atoms with Gasteiger partial charge in [0.1, 0.15) is 0 Å². The molecule has 2 rings (SSSR count). The maximum atomic E-state index is 5.68. The minimum Gasteiger partial charge on any atom is -0.399 e. The topological polar surface area (TPSA) is 29.3 Å². The van der Waals surface area contributed by atoms with Gasteiger partial charge in [0.25, 0.3) is 0 Å². The van der Waals surface area contributed by atoms with Gasteiger partial charge in [-0.1, -0.05) is 12.1 Å². The van der Waals surface area contributed by atoms with E-state index in [4.69, 9.17) is 5.73 Å². The van der Waals surface area contributed by atoms with E-state index in [1.807, 2.05) is 12.1 Å². The van der Waals surface area contributed by atoms with Crippen molar-refractivity contribution in [3.8, 4) is 0 Å². The molecule has 0 atom stereocenters. The van der Waals surface area contributed by atoms with Crippen LogP contribution in [0.25, 0.3) is 0 Å². The number of nitrogens with zero attached hydrogens (tertiary/aromatic N) is 1.